The molecule has 0 saturated carbocycles. The lowest BCUT2D eigenvalue weighted by Crippen LogP contribution is -1.95. The SMILES string of the molecule is CC/C=C(/CCC(=O)N=O)c1ccccc1C. The molecule has 3 heteroatoms. The van der Waals surface area contributed by atoms with E-state index in [1.165, 1.54) is 5.56 Å². The van der Waals surface area contributed by atoms with Gasteiger partial charge in [0.1, 0.15) is 0 Å². The van der Waals surface area contributed by atoms with E-state index in [-0.39, 0.29) is 6.42 Å². The molecular weight excluding hydrogens is 214 g/mol. The Balaban J connectivity index is 2.87. The van der Waals surface area contributed by atoms with E-state index in [0.29, 0.717) is 6.42 Å². The van der Waals surface area contributed by atoms with Gasteiger partial charge in [0.15, 0.2) is 0 Å². The summed E-state index contributed by atoms with van der Waals surface area (Å²) >= 11 is 0. The highest BCUT2D eigenvalue weighted by Crippen LogP contribution is 2.23. The molecule has 0 aliphatic heterocycles. The van der Waals surface area contributed by atoms with Gasteiger partial charge in [-0.25, -0.2) is 0 Å². The van der Waals surface area contributed by atoms with Crippen molar-refractivity contribution in [1.82, 2.24) is 0 Å². The lowest BCUT2D eigenvalue weighted by atomic mass is 9.96. The second-order valence-corrected chi connectivity index (χ2v) is 3.94. The monoisotopic (exact) mass is 231 g/mol. The molecule has 0 bridgehead atoms. The molecule has 1 aromatic rings. The number of hydrogen-bond donors (Lipinski definition) is 0. The van der Waals surface area contributed by atoms with Crippen molar-refractivity contribution in [2.75, 3.05) is 0 Å². The number of carbonyl (C=O) groups excluding carboxylic acids is 1. The van der Waals surface area contributed by atoms with E-state index in [2.05, 4.69) is 18.2 Å². The first kappa shape index (κ1) is 13.3. The molecule has 0 radical (unpaired) electrons. The number of amides is 1. The highest BCUT2D eigenvalue weighted by atomic mass is 16.3. The maximum Gasteiger partial charge on any atom is 0.286 e. The predicted octanol–water partition coefficient (Wildman–Crippen LogP) is 3.86. The molecular formula is C14H17NO2. The first-order valence-corrected chi connectivity index (χ1v) is 5.80. The minimum absolute atomic E-state index is 0.184. The zero-order valence-corrected chi connectivity index (χ0v) is 10.3. The van der Waals surface area contributed by atoms with Crippen LogP contribution in [0.3, 0.4) is 0 Å². The van der Waals surface area contributed by atoms with Crippen LogP contribution < -0.4 is 0 Å². The molecule has 0 aromatic heterocycles. The minimum Gasteiger partial charge on any atom is -0.269 e. The molecule has 0 unspecified atom stereocenters. The Hall–Kier alpha value is -1.77. The van der Waals surface area contributed by atoms with E-state index < -0.39 is 5.91 Å². The molecule has 1 rings (SSSR count). The Labute approximate surface area is 102 Å². The fraction of sp³-hybridized carbons (Fsp3) is 0.357. The Bertz CT molecular complexity index is 436. The summed E-state index contributed by atoms with van der Waals surface area (Å²) in [4.78, 5) is 21.0. The lowest BCUT2D eigenvalue weighted by molar-refractivity contribution is -0.117. The standard InChI is InChI=1S/C14H17NO2/c1-3-6-12(9-10-14(16)15-17)13-8-5-4-7-11(13)2/h4-8H,3,9-10H2,1-2H3/b12-6-. The van der Waals surface area contributed by atoms with Crippen LogP contribution >= 0.6 is 0 Å². The van der Waals surface area contributed by atoms with E-state index in [4.69, 9.17) is 0 Å². The van der Waals surface area contributed by atoms with Crippen LogP contribution in [0.2, 0.25) is 0 Å². The van der Waals surface area contributed by atoms with E-state index >= 15 is 0 Å². The number of benzene rings is 1. The van der Waals surface area contributed by atoms with Gasteiger partial charge < -0.3 is 0 Å². The molecule has 90 valence electrons. The van der Waals surface area contributed by atoms with E-state index in [1.54, 1.807) is 0 Å². The number of carbonyl (C=O) groups is 1. The first-order chi connectivity index (χ1) is 8.19. The average molecular weight is 231 g/mol. The van der Waals surface area contributed by atoms with Gasteiger partial charge in [-0.3, -0.25) is 4.79 Å². The maximum atomic E-state index is 10.9. The number of nitroso groups, excluding NO2 is 1. The first-order valence-electron chi connectivity index (χ1n) is 5.80. The van der Waals surface area contributed by atoms with Gasteiger partial charge in [-0.15, -0.1) is 4.91 Å². The zero-order valence-electron chi connectivity index (χ0n) is 10.3. The van der Waals surface area contributed by atoms with Crippen LogP contribution in [0.1, 0.15) is 37.3 Å². The van der Waals surface area contributed by atoms with Gasteiger partial charge in [0, 0.05) is 11.6 Å². The van der Waals surface area contributed by atoms with Crippen LogP contribution in [-0.4, -0.2) is 5.91 Å². The van der Waals surface area contributed by atoms with Gasteiger partial charge in [0.05, 0.1) is 0 Å². The number of allylic oxidation sites excluding steroid dienone is 2. The summed E-state index contributed by atoms with van der Waals surface area (Å²) in [7, 11) is 0. The summed E-state index contributed by atoms with van der Waals surface area (Å²) in [6.07, 6.45) is 3.76. The van der Waals surface area contributed by atoms with Crippen molar-refractivity contribution in [3.63, 3.8) is 0 Å². The Morgan fingerprint density at radius 3 is 2.59 bits per heavy atom. The highest BCUT2D eigenvalue weighted by Gasteiger charge is 2.07. The fourth-order valence-electron chi connectivity index (χ4n) is 1.81. The molecule has 0 aliphatic carbocycles. The third kappa shape index (κ3) is 3.94. The van der Waals surface area contributed by atoms with Gasteiger partial charge in [-0.2, -0.15) is 0 Å². The highest BCUT2D eigenvalue weighted by molar-refractivity contribution is 5.79. The molecule has 17 heavy (non-hydrogen) atoms. The maximum absolute atomic E-state index is 10.9. The topological polar surface area (TPSA) is 46.5 Å². The van der Waals surface area contributed by atoms with Crippen molar-refractivity contribution < 1.29 is 4.79 Å². The van der Waals surface area contributed by atoms with Crippen molar-refractivity contribution >= 4 is 11.5 Å². The van der Waals surface area contributed by atoms with Gasteiger partial charge in [0.25, 0.3) is 5.91 Å². The third-order valence-electron chi connectivity index (χ3n) is 2.65. The molecule has 0 aliphatic rings. The minimum atomic E-state index is -0.583. The molecule has 1 amide bonds. The molecule has 0 fully saturated rings. The van der Waals surface area contributed by atoms with Crippen LogP contribution in [0.4, 0.5) is 0 Å². The fourth-order valence-corrected chi connectivity index (χ4v) is 1.81. The van der Waals surface area contributed by atoms with Crippen molar-refractivity contribution in [2.24, 2.45) is 5.18 Å². The third-order valence-corrected chi connectivity index (χ3v) is 2.65. The Morgan fingerprint density at radius 1 is 1.29 bits per heavy atom. The van der Waals surface area contributed by atoms with Gasteiger partial charge >= 0.3 is 0 Å². The predicted molar refractivity (Wildman–Crippen MR) is 69.5 cm³/mol. The summed E-state index contributed by atoms with van der Waals surface area (Å²) < 4.78 is 0. The van der Waals surface area contributed by atoms with Crippen LogP contribution in [0, 0.1) is 11.8 Å². The second-order valence-electron chi connectivity index (χ2n) is 3.94. The van der Waals surface area contributed by atoms with Crippen LogP contribution in [0.15, 0.2) is 35.5 Å². The lowest BCUT2D eigenvalue weighted by Gasteiger charge is -2.09. The molecule has 0 saturated heterocycles. The quantitative estimate of drug-likeness (QED) is 0.722. The molecule has 0 heterocycles. The van der Waals surface area contributed by atoms with Crippen LogP contribution in [0.5, 0.6) is 0 Å². The molecule has 3 nitrogen and oxygen atoms in total. The van der Waals surface area contributed by atoms with Crippen molar-refractivity contribution in [1.29, 1.82) is 0 Å². The summed E-state index contributed by atoms with van der Waals surface area (Å²) in [5.74, 6) is -0.583. The Morgan fingerprint density at radius 2 is 2.00 bits per heavy atom. The van der Waals surface area contributed by atoms with E-state index in [9.17, 15) is 9.70 Å². The van der Waals surface area contributed by atoms with Gasteiger partial charge in [-0.1, -0.05) is 37.3 Å². The second kappa shape index (κ2) is 6.74. The van der Waals surface area contributed by atoms with Crippen molar-refractivity contribution in [2.45, 2.75) is 33.1 Å². The summed E-state index contributed by atoms with van der Waals surface area (Å²) in [5.41, 5.74) is 3.44. The molecule has 1 aromatic carbocycles. The van der Waals surface area contributed by atoms with E-state index in [1.807, 2.05) is 31.2 Å². The zero-order chi connectivity index (χ0) is 12.7. The normalized spacial score (nSPS) is 11.3. The summed E-state index contributed by atoms with van der Waals surface area (Å²) in [5, 5.41) is 2.42. The number of rotatable bonds is 5. The van der Waals surface area contributed by atoms with Gasteiger partial charge in [0.2, 0.25) is 0 Å². The van der Waals surface area contributed by atoms with Crippen molar-refractivity contribution in [3.8, 4) is 0 Å². The van der Waals surface area contributed by atoms with Crippen LogP contribution in [0.25, 0.3) is 5.57 Å². The number of hydrogen-bond acceptors (Lipinski definition) is 2. The Kier molecular flexibility index (Phi) is 5.27. The molecule has 0 spiro atoms. The summed E-state index contributed by atoms with van der Waals surface area (Å²) in [6, 6.07) is 8.04. The summed E-state index contributed by atoms with van der Waals surface area (Å²) in [6.45, 7) is 4.09. The smallest absolute Gasteiger partial charge is 0.269 e. The largest absolute Gasteiger partial charge is 0.286 e. The average Bonchev–Trinajstić information content (AvgIpc) is 2.35. The molecule has 0 N–H and O–H groups in total. The number of aryl methyl sites for hydroxylation is 1. The van der Waals surface area contributed by atoms with Crippen molar-refractivity contribution in [3.05, 3.63) is 46.4 Å². The number of nitrogens with zero attached hydrogens (tertiary/aromatic N) is 1. The van der Waals surface area contributed by atoms with E-state index in [0.717, 1.165) is 17.6 Å². The molecule has 0 atom stereocenters. The van der Waals surface area contributed by atoms with Gasteiger partial charge in [-0.05, 0) is 36.5 Å². The van der Waals surface area contributed by atoms with Crippen LogP contribution in [-0.2, 0) is 4.79 Å².